The number of benzene rings is 3. The van der Waals surface area contributed by atoms with Crippen molar-refractivity contribution in [3.05, 3.63) is 105 Å². The van der Waals surface area contributed by atoms with Crippen molar-refractivity contribution in [1.82, 2.24) is 4.98 Å². The van der Waals surface area contributed by atoms with Crippen LogP contribution in [0.3, 0.4) is 0 Å². The van der Waals surface area contributed by atoms with Crippen molar-refractivity contribution in [3.63, 3.8) is 0 Å². The monoisotopic (exact) mass is 368 g/mol. The number of hydrogen-bond acceptors (Lipinski definition) is 3. The second-order valence-corrected chi connectivity index (χ2v) is 6.88. The van der Waals surface area contributed by atoms with Crippen LogP contribution in [0, 0.1) is 13.8 Å². The summed E-state index contributed by atoms with van der Waals surface area (Å²) in [6.07, 6.45) is 0. The highest BCUT2D eigenvalue weighted by Crippen LogP contribution is 2.28. The van der Waals surface area contributed by atoms with Gasteiger partial charge < -0.3 is 10.3 Å². The summed E-state index contributed by atoms with van der Waals surface area (Å²) in [6.45, 7) is 3.92. The standard InChI is InChI=1S/C24H20N2O2/c1-15-11-13-17(14-12-15)25-23-21(22(27)18-8-4-3-7-16(18)2)19-9-5-6-10-20(19)24(28)26-23/h3-14H,1-2H3,(H2,25,26,28). The summed E-state index contributed by atoms with van der Waals surface area (Å²) >= 11 is 0. The van der Waals surface area contributed by atoms with Crippen LogP contribution in [0.25, 0.3) is 10.8 Å². The van der Waals surface area contributed by atoms with Crippen LogP contribution in [-0.2, 0) is 0 Å². The van der Waals surface area contributed by atoms with E-state index >= 15 is 0 Å². The maximum Gasteiger partial charge on any atom is 0.257 e. The van der Waals surface area contributed by atoms with Crippen molar-refractivity contribution >= 4 is 28.1 Å². The third-order valence-corrected chi connectivity index (χ3v) is 4.87. The van der Waals surface area contributed by atoms with Crippen LogP contribution in [0.4, 0.5) is 11.5 Å². The molecule has 4 nitrogen and oxygen atoms in total. The number of rotatable bonds is 4. The molecule has 4 heteroatoms. The Morgan fingerprint density at radius 3 is 2.18 bits per heavy atom. The fourth-order valence-electron chi connectivity index (χ4n) is 3.35. The lowest BCUT2D eigenvalue weighted by Gasteiger charge is -2.15. The van der Waals surface area contributed by atoms with E-state index in [1.165, 1.54) is 0 Å². The first-order chi connectivity index (χ1) is 13.5. The number of aromatic nitrogens is 1. The molecular weight excluding hydrogens is 348 g/mol. The third kappa shape index (κ3) is 3.21. The van der Waals surface area contributed by atoms with Crippen LogP contribution < -0.4 is 10.9 Å². The van der Waals surface area contributed by atoms with E-state index in [4.69, 9.17) is 0 Å². The molecule has 1 aromatic heterocycles. The predicted octanol–water partition coefficient (Wildman–Crippen LogP) is 5.12. The fourth-order valence-corrected chi connectivity index (χ4v) is 3.35. The SMILES string of the molecule is Cc1ccc(Nc2[nH]c(=O)c3ccccc3c2C(=O)c2ccccc2C)cc1. The normalized spacial score (nSPS) is 10.8. The average Bonchev–Trinajstić information content (AvgIpc) is 2.70. The lowest BCUT2D eigenvalue weighted by Crippen LogP contribution is -2.16. The smallest absolute Gasteiger partial charge is 0.257 e. The number of H-pyrrole nitrogens is 1. The molecule has 0 fully saturated rings. The Labute approximate surface area is 162 Å². The van der Waals surface area contributed by atoms with Crippen LogP contribution in [0.15, 0.2) is 77.6 Å². The topological polar surface area (TPSA) is 62.0 Å². The Balaban J connectivity index is 1.95. The van der Waals surface area contributed by atoms with Gasteiger partial charge in [-0.3, -0.25) is 9.59 Å². The van der Waals surface area contributed by atoms with Crippen LogP contribution in [-0.4, -0.2) is 10.8 Å². The molecule has 4 rings (SSSR count). The van der Waals surface area contributed by atoms with E-state index in [1.807, 2.05) is 74.5 Å². The summed E-state index contributed by atoms with van der Waals surface area (Å²) in [6, 6.07) is 22.5. The fraction of sp³-hybridized carbons (Fsp3) is 0.0833. The van der Waals surface area contributed by atoms with Crippen molar-refractivity contribution in [2.45, 2.75) is 13.8 Å². The van der Waals surface area contributed by atoms with E-state index < -0.39 is 0 Å². The molecule has 0 aliphatic heterocycles. The van der Waals surface area contributed by atoms with E-state index in [0.717, 1.165) is 16.8 Å². The lowest BCUT2D eigenvalue weighted by molar-refractivity contribution is 0.104. The lowest BCUT2D eigenvalue weighted by atomic mass is 9.95. The van der Waals surface area contributed by atoms with Gasteiger partial charge in [0.2, 0.25) is 0 Å². The summed E-state index contributed by atoms with van der Waals surface area (Å²) in [4.78, 5) is 29.0. The number of aromatic amines is 1. The zero-order valence-corrected chi connectivity index (χ0v) is 15.7. The van der Waals surface area contributed by atoms with Crippen molar-refractivity contribution in [1.29, 1.82) is 0 Å². The van der Waals surface area contributed by atoms with E-state index in [9.17, 15) is 9.59 Å². The number of ketones is 1. The molecule has 2 N–H and O–H groups in total. The Bertz CT molecular complexity index is 1240. The Morgan fingerprint density at radius 1 is 0.821 bits per heavy atom. The number of pyridine rings is 1. The number of nitrogens with one attached hydrogen (secondary N) is 2. The molecule has 0 amide bonds. The molecule has 138 valence electrons. The summed E-state index contributed by atoms with van der Waals surface area (Å²) in [5.74, 6) is 0.279. The van der Waals surface area contributed by atoms with Crippen molar-refractivity contribution < 1.29 is 4.79 Å². The molecule has 0 atom stereocenters. The predicted molar refractivity (Wildman–Crippen MR) is 114 cm³/mol. The summed E-state index contributed by atoms with van der Waals surface area (Å²) < 4.78 is 0. The van der Waals surface area contributed by atoms with Gasteiger partial charge in [-0.15, -0.1) is 0 Å². The minimum Gasteiger partial charge on any atom is -0.341 e. The highest BCUT2D eigenvalue weighted by atomic mass is 16.1. The van der Waals surface area contributed by atoms with Gasteiger partial charge in [0.05, 0.1) is 5.56 Å². The molecule has 0 spiro atoms. The maximum atomic E-state index is 13.5. The number of aryl methyl sites for hydroxylation is 2. The van der Waals surface area contributed by atoms with E-state index in [-0.39, 0.29) is 11.3 Å². The minimum absolute atomic E-state index is 0.125. The molecule has 3 aromatic carbocycles. The highest BCUT2D eigenvalue weighted by Gasteiger charge is 2.21. The second kappa shape index (κ2) is 7.16. The van der Waals surface area contributed by atoms with Gasteiger partial charge in [0.1, 0.15) is 5.82 Å². The summed E-state index contributed by atoms with van der Waals surface area (Å²) in [5.41, 5.74) is 3.68. The molecule has 28 heavy (non-hydrogen) atoms. The Morgan fingerprint density at radius 2 is 1.46 bits per heavy atom. The zero-order chi connectivity index (χ0) is 19.7. The minimum atomic E-state index is -0.230. The first-order valence-electron chi connectivity index (χ1n) is 9.13. The van der Waals surface area contributed by atoms with Gasteiger partial charge in [0.25, 0.3) is 5.56 Å². The number of carbonyl (C=O) groups excluding carboxylic acids is 1. The van der Waals surface area contributed by atoms with Gasteiger partial charge in [0, 0.05) is 22.0 Å². The van der Waals surface area contributed by atoms with Gasteiger partial charge in [-0.2, -0.15) is 0 Å². The molecule has 0 saturated carbocycles. The molecule has 0 radical (unpaired) electrons. The summed E-state index contributed by atoms with van der Waals surface area (Å²) in [7, 11) is 0. The third-order valence-electron chi connectivity index (χ3n) is 4.87. The number of fused-ring (bicyclic) bond motifs is 1. The maximum absolute atomic E-state index is 13.5. The van der Waals surface area contributed by atoms with Crippen LogP contribution >= 0.6 is 0 Å². The molecule has 1 heterocycles. The van der Waals surface area contributed by atoms with Crippen molar-refractivity contribution in [3.8, 4) is 0 Å². The van der Waals surface area contributed by atoms with E-state index in [2.05, 4.69) is 10.3 Å². The Kier molecular flexibility index (Phi) is 4.53. The first-order valence-corrected chi connectivity index (χ1v) is 9.13. The summed E-state index contributed by atoms with van der Waals surface area (Å²) in [5, 5.41) is 4.35. The van der Waals surface area contributed by atoms with E-state index in [1.54, 1.807) is 12.1 Å². The molecule has 0 aliphatic rings. The number of anilines is 2. The molecular formula is C24H20N2O2. The van der Waals surface area contributed by atoms with Gasteiger partial charge in [-0.05, 0) is 37.6 Å². The Hall–Kier alpha value is -3.66. The van der Waals surface area contributed by atoms with Gasteiger partial charge >= 0.3 is 0 Å². The van der Waals surface area contributed by atoms with Gasteiger partial charge in [0.15, 0.2) is 5.78 Å². The van der Waals surface area contributed by atoms with Gasteiger partial charge in [-0.25, -0.2) is 0 Å². The number of hydrogen-bond donors (Lipinski definition) is 2. The highest BCUT2D eigenvalue weighted by molar-refractivity contribution is 6.20. The van der Waals surface area contributed by atoms with Crippen LogP contribution in [0.2, 0.25) is 0 Å². The second-order valence-electron chi connectivity index (χ2n) is 6.88. The van der Waals surface area contributed by atoms with Crippen molar-refractivity contribution in [2.75, 3.05) is 5.32 Å². The van der Waals surface area contributed by atoms with Crippen LogP contribution in [0.5, 0.6) is 0 Å². The van der Waals surface area contributed by atoms with Gasteiger partial charge in [-0.1, -0.05) is 60.2 Å². The molecule has 0 bridgehead atoms. The largest absolute Gasteiger partial charge is 0.341 e. The number of carbonyl (C=O) groups is 1. The van der Waals surface area contributed by atoms with Crippen LogP contribution in [0.1, 0.15) is 27.0 Å². The average molecular weight is 368 g/mol. The van der Waals surface area contributed by atoms with E-state index in [0.29, 0.717) is 27.7 Å². The first kappa shape index (κ1) is 17.7. The molecule has 0 saturated heterocycles. The molecule has 0 aliphatic carbocycles. The molecule has 0 unspecified atom stereocenters. The quantitative estimate of drug-likeness (QED) is 0.492. The zero-order valence-electron chi connectivity index (χ0n) is 15.7. The molecule has 4 aromatic rings. The van der Waals surface area contributed by atoms with Crippen molar-refractivity contribution in [2.24, 2.45) is 0 Å².